The molecule has 1 aromatic carbocycles. The number of carbonyl (C=O) groups excluding carboxylic acids is 1. The fourth-order valence-electron chi connectivity index (χ4n) is 2.76. The minimum atomic E-state index is -0.0979. The van der Waals surface area contributed by atoms with E-state index >= 15 is 0 Å². The van der Waals surface area contributed by atoms with Gasteiger partial charge in [-0.25, -0.2) is 4.79 Å². The molecule has 0 atom stereocenters. The molecule has 1 N–H and O–H groups in total. The van der Waals surface area contributed by atoms with Gasteiger partial charge in [0.05, 0.1) is 6.26 Å². The average Bonchev–Trinajstić information content (AvgIpc) is 3.13. The van der Waals surface area contributed by atoms with Crippen LogP contribution in [0, 0.1) is 0 Å². The first kappa shape index (κ1) is 11.2. The van der Waals surface area contributed by atoms with Crippen LogP contribution in [0.5, 0.6) is 0 Å². The van der Waals surface area contributed by atoms with Crippen LogP contribution in [0.3, 0.4) is 0 Å². The van der Waals surface area contributed by atoms with E-state index < -0.39 is 0 Å². The van der Waals surface area contributed by atoms with Crippen LogP contribution in [0.1, 0.15) is 21.8 Å². The summed E-state index contributed by atoms with van der Waals surface area (Å²) in [6.07, 6.45) is 4.25. The lowest BCUT2D eigenvalue weighted by atomic mass is 10.1. The summed E-state index contributed by atoms with van der Waals surface area (Å²) in [5.41, 5.74) is 3.41. The number of H-pyrrole nitrogens is 1. The molecular weight excluding hydrogens is 252 g/mol. The Bertz CT molecular complexity index is 825. The van der Waals surface area contributed by atoms with Crippen LogP contribution < -0.4 is 0 Å². The van der Waals surface area contributed by atoms with Crippen LogP contribution in [-0.4, -0.2) is 28.2 Å². The minimum absolute atomic E-state index is 0.0979. The third-order valence-corrected chi connectivity index (χ3v) is 3.73. The first-order valence-electron chi connectivity index (χ1n) is 6.62. The SMILES string of the molecule is O=C(c1ccco1)[N+]1=Cc2[nH]c3ccccc3c2CC1. The summed E-state index contributed by atoms with van der Waals surface area (Å²) >= 11 is 0. The summed E-state index contributed by atoms with van der Waals surface area (Å²) in [7, 11) is 0. The van der Waals surface area contributed by atoms with E-state index in [0.29, 0.717) is 12.3 Å². The van der Waals surface area contributed by atoms with Gasteiger partial charge in [0.1, 0.15) is 5.69 Å². The Morgan fingerprint density at radius 3 is 2.95 bits per heavy atom. The van der Waals surface area contributed by atoms with Gasteiger partial charge in [0.25, 0.3) is 0 Å². The zero-order valence-corrected chi connectivity index (χ0v) is 10.8. The number of nitrogens with one attached hydrogen (secondary N) is 1. The largest absolute Gasteiger partial charge is 0.455 e. The molecule has 0 spiro atoms. The fourth-order valence-corrected chi connectivity index (χ4v) is 2.76. The molecule has 0 radical (unpaired) electrons. The van der Waals surface area contributed by atoms with Crippen molar-refractivity contribution in [3.63, 3.8) is 0 Å². The van der Waals surface area contributed by atoms with Crippen LogP contribution in [0.25, 0.3) is 10.9 Å². The first-order chi connectivity index (χ1) is 9.83. The lowest BCUT2D eigenvalue weighted by molar-refractivity contribution is -0.425. The van der Waals surface area contributed by atoms with Crippen LogP contribution in [0.15, 0.2) is 47.1 Å². The molecule has 4 heteroatoms. The monoisotopic (exact) mass is 265 g/mol. The molecule has 0 unspecified atom stereocenters. The van der Waals surface area contributed by atoms with Crippen molar-refractivity contribution in [2.75, 3.05) is 6.54 Å². The normalized spacial score (nSPS) is 14.1. The maximum Gasteiger partial charge on any atom is 0.454 e. The predicted octanol–water partition coefficient (Wildman–Crippen LogP) is 2.59. The van der Waals surface area contributed by atoms with E-state index in [1.807, 2.05) is 18.3 Å². The highest BCUT2D eigenvalue weighted by Crippen LogP contribution is 2.24. The molecule has 3 heterocycles. The zero-order chi connectivity index (χ0) is 13.5. The van der Waals surface area contributed by atoms with Gasteiger partial charge in [-0.3, -0.25) is 0 Å². The molecule has 4 rings (SSSR count). The Labute approximate surface area is 115 Å². The summed E-state index contributed by atoms with van der Waals surface area (Å²) in [4.78, 5) is 15.6. The van der Waals surface area contributed by atoms with Crippen LogP contribution in [0.2, 0.25) is 0 Å². The molecule has 0 aliphatic carbocycles. The van der Waals surface area contributed by atoms with Crippen molar-refractivity contribution in [2.45, 2.75) is 6.42 Å². The molecular formula is C16H13N2O2+. The van der Waals surface area contributed by atoms with Gasteiger partial charge in [-0.2, -0.15) is 4.58 Å². The number of furan rings is 1. The zero-order valence-electron chi connectivity index (χ0n) is 10.8. The topological polar surface area (TPSA) is 49.0 Å². The second kappa shape index (κ2) is 4.20. The van der Waals surface area contributed by atoms with Gasteiger partial charge in [-0.1, -0.05) is 18.2 Å². The maximum atomic E-state index is 12.3. The Hall–Kier alpha value is -2.62. The van der Waals surface area contributed by atoms with Gasteiger partial charge in [-0.05, 0) is 23.8 Å². The van der Waals surface area contributed by atoms with E-state index in [1.165, 1.54) is 17.2 Å². The number of hydrogen-bond donors (Lipinski definition) is 1. The number of carbonyl (C=O) groups is 1. The van der Waals surface area contributed by atoms with E-state index in [9.17, 15) is 4.79 Å². The van der Waals surface area contributed by atoms with E-state index in [0.717, 1.165) is 17.6 Å². The third kappa shape index (κ3) is 1.61. The van der Waals surface area contributed by atoms with E-state index in [4.69, 9.17) is 4.42 Å². The van der Waals surface area contributed by atoms with E-state index in [2.05, 4.69) is 17.1 Å². The van der Waals surface area contributed by atoms with Gasteiger partial charge < -0.3 is 9.40 Å². The highest BCUT2D eigenvalue weighted by Gasteiger charge is 2.28. The molecule has 0 saturated carbocycles. The summed E-state index contributed by atoms with van der Waals surface area (Å²) < 4.78 is 6.88. The fraction of sp³-hybridized carbons (Fsp3) is 0.125. The van der Waals surface area contributed by atoms with Crippen molar-refractivity contribution < 1.29 is 13.8 Å². The smallest absolute Gasteiger partial charge is 0.454 e. The number of benzene rings is 1. The number of hydrogen-bond acceptors (Lipinski definition) is 2. The molecule has 2 aromatic heterocycles. The Balaban J connectivity index is 1.80. The molecule has 1 aliphatic rings. The molecule has 1 aliphatic heterocycles. The standard InChI is InChI=1S/C16H12N2O2/c19-16(15-6-3-9-20-15)18-8-7-12-11-4-1-2-5-13(11)17-14(12)10-18/h1-6,9-10H,7-8H2/p+1. The van der Waals surface area contributed by atoms with Gasteiger partial charge >= 0.3 is 5.91 Å². The number of aromatic amines is 1. The van der Waals surface area contributed by atoms with Crippen molar-refractivity contribution in [3.8, 4) is 0 Å². The second-order valence-electron chi connectivity index (χ2n) is 4.92. The Morgan fingerprint density at radius 1 is 1.20 bits per heavy atom. The Morgan fingerprint density at radius 2 is 2.10 bits per heavy atom. The molecule has 4 nitrogen and oxygen atoms in total. The van der Waals surface area contributed by atoms with Crippen molar-refractivity contribution in [1.29, 1.82) is 0 Å². The first-order valence-corrected chi connectivity index (χ1v) is 6.62. The summed E-state index contributed by atoms with van der Waals surface area (Å²) in [6, 6.07) is 11.6. The summed E-state index contributed by atoms with van der Waals surface area (Å²) in [5, 5.41) is 1.24. The number of rotatable bonds is 1. The lowest BCUT2D eigenvalue weighted by Gasteiger charge is -2.06. The van der Waals surface area contributed by atoms with E-state index in [-0.39, 0.29) is 5.91 Å². The van der Waals surface area contributed by atoms with Crippen molar-refractivity contribution in [3.05, 3.63) is 59.7 Å². The van der Waals surface area contributed by atoms with Gasteiger partial charge in [0.15, 0.2) is 12.8 Å². The minimum Gasteiger partial charge on any atom is -0.455 e. The maximum absolute atomic E-state index is 12.3. The number of amides is 1. The van der Waals surface area contributed by atoms with Crippen LogP contribution in [-0.2, 0) is 6.42 Å². The third-order valence-electron chi connectivity index (χ3n) is 3.73. The summed E-state index contributed by atoms with van der Waals surface area (Å²) in [5.74, 6) is 0.278. The average molecular weight is 265 g/mol. The van der Waals surface area contributed by atoms with Crippen LogP contribution in [0.4, 0.5) is 0 Å². The highest BCUT2D eigenvalue weighted by atomic mass is 16.3. The highest BCUT2D eigenvalue weighted by molar-refractivity contribution is 5.96. The number of nitrogens with zero attached hydrogens (tertiary/aromatic N) is 1. The molecule has 0 bridgehead atoms. The van der Waals surface area contributed by atoms with Gasteiger partial charge in [0, 0.05) is 17.3 Å². The van der Waals surface area contributed by atoms with Crippen molar-refractivity contribution in [1.82, 2.24) is 4.98 Å². The lowest BCUT2D eigenvalue weighted by Crippen LogP contribution is -2.28. The molecule has 0 fully saturated rings. The number of fused-ring (bicyclic) bond motifs is 3. The molecule has 20 heavy (non-hydrogen) atoms. The molecule has 98 valence electrons. The van der Waals surface area contributed by atoms with Crippen molar-refractivity contribution >= 4 is 23.0 Å². The van der Waals surface area contributed by atoms with Gasteiger partial charge in [-0.15, -0.1) is 0 Å². The van der Waals surface area contributed by atoms with Gasteiger partial charge in [0.2, 0.25) is 5.76 Å². The van der Waals surface area contributed by atoms with E-state index in [1.54, 1.807) is 16.7 Å². The molecule has 1 amide bonds. The summed E-state index contributed by atoms with van der Waals surface area (Å²) in [6.45, 7) is 0.675. The number of para-hydroxylation sites is 1. The molecule has 0 saturated heterocycles. The molecule has 3 aromatic rings. The van der Waals surface area contributed by atoms with Crippen LogP contribution >= 0.6 is 0 Å². The predicted molar refractivity (Wildman–Crippen MR) is 75.3 cm³/mol. The number of aromatic nitrogens is 1. The quantitative estimate of drug-likeness (QED) is 0.687. The second-order valence-corrected chi connectivity index (χ2v) is 4.92. The van der Waals surface area contributed by atoms with Crippen molar-refractivity contribution in [2.24, 2.45) is 0 Å². The Kier molecular flexibility index (Phi) is 2.36.